The van der Waals surface area contributed by atoms with Crippen molar-refractivity contribution in [2.75, 3.05) is 13.1 Å². The highest BCUT2D eigenvalue weighted by Crippen LogP contribution is 2.38. The van der Waals surface area contributed by atoms with Crippen molar-refractivity contribution < 1.29 is 9.90 Å². The first-order chi connectivity index (χ1) is 14.5. The molecule has 1 aliphatic heterocycles. The molecule has 5 rings (SSSR count). The number of carbonyl (C=O) groups excluding carboxylic acids is 1. The van der Waals surface area contributed by atoms with Gasteiger partial charge in [-0.2, -0.15) is 5.10 Å². The molecule has 2 saturated carbocycles. The summed E-state index contributed by atoms with van der Waals surface area (Å²) in [6, 6.07) is 9.84. The van der Waals surface area contributed by atoms with Gasteiger partial charge in [0.15, 0.2) is 5.82 Å². The van der Waals surface area contributed by atoms with Gasteiger partial charge >= 0.3 is 0 Å². The minimum absolute atomic E-state index is 0.0786. The Balaban J connectivity index is 1.30. The zero-order valence-electron chi connectivity index (χ0n) is 17.4. The lowest BCUT2D eigenvalue weighted by molar-refractivity contribution is -0.131. The first-order valence-electron chi connectivity index (χ1n) is 11.2. The molecular weight excluding hydrogens is 378 g/mol. The number of benzene rings is 1. The van der Waals surface area contributed by atoms with Crippen LogP contribution in [0.25, 0.3) is 0 Å². The van der Waals surface area contributed by atoms with Crippen LogP contribution in [0.5, 0.6) is 0 Å². The monoisotopic (exact) mass is 409 g/mol. The molecular formula is C23H31N5O2. The van der Waals surface area contributed by atoms with Gasteiger partial charge in [0.2, 0.25) is 5.91 Å². The molecule has 0 spiro atoms. The second kappa shape index (κ2) is 8.12. The average molecular weight is 410 g/mol. The molecule has 1 saturated heterocycles. The van der Waals surface area contributed by atoms with E-state index >= 15 is 0 Å². The van der Waals surface area contributed by atoms with Gasteiger partial charge in [0.25, 0.3) is 0 Å². The molecule has 1 aromatic heterocycles. The zero-order valence-corrected chi connectivity index (χ0v) is 17.4. The van der Waals surface area contributed by atoms with Gasteiger partial charge in [-0.25, -0.2) is 9.67 Å². The number of rotatable bonds is 7. The van der Waals surface area contributed by atoms with Crippen LogP contribution in [-0.2, 0) is 24.2 Å². The van der Waals surface area contributed by atoms with Gasteiger partial charge in [-0.05, 0) is 55.4 Å². The zero-order chi connectivity index (χ0) is 20.7. The molecule has 1 unspecified atom stereocenters. The van der Waals surface area contributed by atoms with Crippen molar-refractivity contribution in [1.82, 2.24) is 19.7 Å². The van der Waals surface area contributed by atoms with E-state index in [0.717, 1.165) is 43.7 Å². The highest BCUT2D eigenvalue weighted by Gasteiger charge is 2.41. The fourth-order valence-corrected chi connectivity index (χ4v) is 5.12. The summed E-state index contributed by atoms with van der Waals surface area (Å²) in [5.41, 5.74) is 7.68. The lowest BCUT2D eigenvalue weighted by atomic mass is 10.0. The van der Waals surface area contributed by atoms with E-state index in [1.165, 1.54) is 12.8 Å². The third kappa shape index (κ3) is 4.27. The van der Waals surface area contributed by atoms with Crippen LogP contribution < -0.4 is 5.73 Å². The van der Waals surface area contributed by atoms with E-state index in [4.69, 9.17) is 10.7 Å². The van der Waals surface area contributed by atoms with Crippen LogP contribution in [-0.4, -0.2) is 49.9 Å². The summed E-state index contributed by atoms with van der Waals surface area (Å²) in [5, 5.41) is 14.5. The fraction of sp³-hybridized carbons (Fsp3) is 0.609. The predicted octanol–water partition coefficient (Wildman–Crippen LogP) is 1.70. The Morgan fingerprint density at radius 1 is 1.17 bits per heavy atom. The minimum atomic E-state index is -0.297. The van der Waals surface area contributed by atoms with Crippen LogP contribution in [0.3, 0.4) is 0 Å². The number of aliphatic hydroxyl groups excluding tert-OH is 1. The number of amides is 1. The summed E-state index contributed by atoms with van der Waals surface area (Å²) >= 11 is 0. The fourth-order valence-electron chi connectivity index (χ4n) is 5.12. The number of hydrogen-bond acceptors (Lipinski definition) is 5. The second-order valence-corrected chi connectivity index (χ2v) is 9.43. The highest BCUT2D eigenvalue weighted by molar-refractivity contribution is 5.76. The van der Waals surface area contributed by atoms with E-state index in [2.05, 4.69) is 17.2 Å². The Morgan fingerprint density at radius 3 is 2.53 bits per heavy atom. The molecule has 0 radical (unpaired) electrons. The number of nitrogens with zero attached hydrogens (tertiary/aromatic N) is 4. The lowest BCUT2D eigenvalue weighted by Gasteiger charge is -2.19. The Kier molecular flexibility index (Phi) is 5.33. The van der Waals surface area contributed by atoms with Crippen molar-refractivity contribution in [2.24, 2.45) is 23.5 Å². The first kappa shape index (κ1) is 19.7. The number of fused-ring (bicyclic) bond motifs is 1. The van der Waals surface area contributed by atoms with Gasteiger partial charge in [-0.15, -0.1) is 0 Å². The molecule has 2 aliphatic carbocycles. The second-order valence-electron chi connectivity index (χ2n) is 9.43. The Bertz CT molecular complexity index is 880. The van der Waals surface area contributed by atoms with E-state index in [0.29, 0.717) is 30.0 Å². The molecule has 4 atom stereocenters. The topological polar surface area (TPSA) is 97.3 Å². The molecule has 30 heavy (non-hydrogen) atoms. The summed E-state index contributed by atoms with van der Waals surface area (Å²) in [5.74, 6) is 3.15. The van der Waals surface area contributed by atoms with E-state index in [1.807, 2.05) is 23.1 Å². The Morgan fingerprint density at radius 2 is 1.87 bits per heavy atom. The number of aliphatic hydroxyl groups is 1. The first-order valence-corrected chi connectivity index (χ1v) is 11.2. The van der Waals surface area contributed by atoms with Crippen molar-refractivity contribution in [3.63, 3.8) is 0 Å². The molecule has 3 N–H and O–H groups in total. The molecule has 2 heterocycles. The van der Waals surface area contributed by atoms with Crippen LogP contribution >= 0.6 is 0 Å². The van der Waals surface area contributed by atoms with Crippen LogP contribution in [0.1, 0.15) is 48.9 Å². The molecule has 0 bridgehead atoms. The normalized spacial score (nSPS) is 26.7. The highest BCUT2D eigenvalue weighted by atomic mass is 16.3. The number of nitrogens with two attached hydrogens (primary N) is 1. The van der Waals surface area contributed by atoms with Crippen LogP contribution in [0.2, 0.25) is 0 Å². The van der Waals surface area contributed by atoms with Crippen molar-refractivity contribution in [3.8, 4) is 0 Å². The van der Waals surface area contributed by atoms with Crippen molar-refractivity contribution in [3.05, 3.63) is 47.5 Å². The van der Waals surface area contributed by atoms with Crippen molar-refractivity contribution >= 4 is 5.91 Å². The largest absolute Gasteiger partial charge is 0.393 e. The van der Waals surface area contributed by atoms with Gasteiger partial charge < -0.3 is 15.7 Å². The van der Waals surface area contributed by atoms with Gasteiger partial charge in [0.05, 0.1) is 12.1 Å². The van der Waals surface area contributed by atoms with Crippen molar-refractivity contribution in [1.29, 1.82) is 0 Å². The molecule has 7 nitrogen and oxygen atoms in total. The van der Waals surface area contributed by atoms with E-state index in [9.17, 15) is 9.90 Å². The van der Waals surface area contributed by atoms with Gasteiger partial charge in [-0.1, -0.05) is 30.3 Å². The third-order valence-electron chi connectivity index (χ3n) is 6.91. The Hall–Kier alpha value is -2.25. The number of likely N-dealkylation sites (tertiary alicyclic amines) is 1. The minimum Gasteiger partial charge on any atom is -0.393 e. The molecule has 7 heteroatoms. The molecule has 2 aromatic rings. The summed E-state index contributed by atoms with van der Waals surface area (Å²) in [7, 11) is 0. The van der Waals surface area contributed by atoms with E-state index in [-0.39, 0.29) is 24.6 Å². The van der Waals surface area contributed by atoms with E-state index < -0.39 is 0 Å². The van der Waals surface area contributed by atoms with Gasteiger partial charge in [0, 0.05) is 19.5 Å². The predicted molar refractivity (Wildman–Crippen MR) is 112 cm³/mol. The van der Waals surface area contributed by atoms with Gasteiger partial charge in [0.1, 0.15) is 12.4 Å². The summed E-state index contributed by atoms with van der Waals surface area (Å²) in [4.78, 5) is 19.7. The SMILES string of the molecule is N[C@H](Cc1ccccc1)c1nc(CC2CC2)nn1CC(=O)N1C[C@H]2CC(O)C[C@H]2C1. The van der Waals surface area contributed by atoms with Crippen molar-refractivity contribution in [2.45, 2.75) is 57.2 Å². The molecule has 3 aliphatic rings. The maximum atomic E-state index is 13.0. The van der Waals surface area contributed by atoms with Crippen LogP contribution in [0.4, 0.5) is 0 Å². The third-order valence-corrected chi connectivity index (χ3v) is 6.91. The lowest BCUT2D eigenvalue weighted by Crippen LogP contribution is -2.34. The molecule has 1 amide bonds. The summed E-state index contributed by atoms with van der Waals surface area (Å²) < 4.78 is 1.75. The number of aromatic nitrogens is 3. The summed E-state index contributed by atoms with van der Waals surface area (Å²) in [6.45, 7) is 1.68. The maximum absolute atomic E-state index is 13.0. The molecule has 1 aromatic carbocycles. The van der Waals surface area contributed by atoms with Crippen LogP contribution in [0.15, 0.2) is 30.3 Å². The number of carbonyl (C=O) groups is 1. The maximum Gasteiger partial charge on any atom is 0.244 e. The molecule has 160 valence electrons. The molecule has 3 fully saturated rings. The van der Waals surface area contributed by atoms with E-state index in [1.54, 1.807) is 4.68 Å². The number of hydrogen-bond donors (Lipinski definition) is 2. The standard InChI is InChI=1S/C23H31N5O2/c24-20(8-15-4-2-1-3-5-15)23-25-21(9-16-6-7-16)26-28(23)14-22(30)27-12-17-10-19(29)11-18(17)13-27/h1-5,16-20,29H,6-14,24H2/t17-,18+,19?,20-/m1/s1. The quantitative estimate of drug-likeness (QED) is 0.725. The summed E-state index contributed by atoms with van der Waals surface area (Å²) in [6.07, 6.45) is 5.45. The Labute approximate surface area is 177 Å². The van der Waals surface area contributed by atoms with Gasteiger partial charge in [-0.3, -0.25) is 4.79 Å². The smallest absolute Gasteiger partial charge is 0.244 e. The average Bonchev–Trinajstić information content (AvgIpc) is 3.14. The van der Waals surface area contributed by atoms with Crippen LogP contribution in [0, 0.1) is 17.8 Å².